The minimum Gasteiger partial charge on any atom is -0.497 e. The Bertz CT molecular complexity index is 1080. The number of methoxy groups -OCH3 is 1. The lowest BCUT2D eigenvalue weighted by molar-refractivity contribution is 0.414. The predicted octanol–water partition coefficient (Wildman–Crippen LogP) is 5.14. The summed E-state index contributed by atoms with van der Waals surface area (Å²) in [5, 5.41) is 9.66. The lowest BCUT2D eigenvalue weighted by Gasteiger charge is -2.10. The fourth-order valence-corrected chi connectivity index (χ4v) is 3.62. The zero-order valence-electron chi connectivity index (χ0n) is 16.0. The van der Waals surface area contributed by atoms with Crippen LogP contribution >= 0.6 is 11.8 Å². The molecule has 0 atom stereocenters. The van der Waals surface area contributed by atoms with Crippen molar-refractivity contribution in [1.82, 2.24) is 19.7 Å². The van der Waals surface area contributed by atoms with Crippen LogP contribution in [0.3, 0.4) is 0 Å². The molecular weight excluding hydrogens is 380 g/mol. The number of hydrogen-bond donors (Lipinski definition) is 0. The molecule has 4 aromatic rings. The maximum Gasteiger partial charge on any atom is 0.196 e. The maximum absolute atomic E-state index is 5.29. The highest BCUT2D eigenvalue weighted by Crippen LogP contribution is 2.28. The van der Waals surface area contributed by atoms with Gasteiger partial charge in [0.25, 0.3) is 0 Å². The van der Waals surface area contributed by atoms with Crippen LogP contribution in [0.5, 0.6) is 5.75 Å². The monoisotopic (exact) mass is 400 g/mol. The lowest BCUT2D eigenvalue weighted by atomic mass is 10.2. The number of aromatic nitrogens is 4. The topological polar surface area (TPSA) is 52.8 Å². The van der Waals surface area contributed by atoms with E-state index in [1.807, 2.05) is 65.2 Å². The number of benzene rings is 2. The average molecular weight is 401 g/mol. The highest BCUT2D eigenvalue weighted by molar-refractivity contribution is 7.99. The molecule has 0 amide bonds. The second kappa shape index (κ2) is 9.21. The van der Waals surface area contributed by atoms with Crippen LogP contribution in [0, 0.1) is 0 Å². The van der Waals surface area contributed by atoms with E-state index in [2.05, 4.69) is 39.5 Å². The predicted molar refractivity (Wildman–Crippen MR) is 117 cm³/mol. The summed E-state index contributed by atoms with van der Waals surface area (Å²) in [5.41, 5.74) is 2.92. The normalized spacial score (nSPS) is 11.1. The van der Waals surface area contributed by atoms with Crippen LogP contribution in [0.1, 0.15) is 5.56 Å². The van der Waals surface area contributed by atoms with Crippen LogP contribution in [-0.2, 0) is 0 Å². The van der Waals surface area contributed by atoms with Gasteiger partial charge in [-0.2, -0.15) is 0 Å². The van der Waals surface area contributed by atoms with E-state index in [0.717, 1.165) is 28.0 Å². The van der Waals surface area contributed by atoms with E-state index >= 15 is 0 Å². The van der Waals surface area contributed by atoms with Gasteiger partial charge >= 0.3 is 0 Å². The molecule has 0 aliphatic rings. The smallest absolute Gasteiger partial charge is 0.196 e. The van der Waals surface area contributed by atoms with Gasteiger partial charge in [0.1, 0.15) is 11.4 Å². The van der Waals surface area contributed by atoms with Crippen LogP contribution in [-0.4, -0.2) is 32.6 Å². The van der Waals surface area contributed by atoms with Crippen molar-refractivity contribution in [2.45, 2.75) is 5.16 Å². The third-order valence-electron chi connectivity index (χ3n) is 4.28. The standard InChI is InChI=1S/C23H20N4OS/c1-28-20-14-12-19(13-15-20)27-22(21-11-5-6-16-24-21)25-26-23(27)29-17-7-10-18-8-3-2-4-9-18/h2-16H,17H2,1H3. The molecule has 0 bridgehead atoms. The van der Waals surface area contributed by atoms with Crippen LogP contribution < -0.4 is 4.74 Å². The van der Waals surface area contributed by atoms with E-state index in [4.69, 9.17) is 4.74 Å². The van der Waals surface area contributed by atoms with Gasteiger partial charge in [0, 0.05) is 11.9 Å². The third kappa shape index (κ3) is 4.55. The Balaban J connectivity index is 1.62. The molecular formula is C23H20N4OS. The molecule has 144 valence electrons. The fourth-order valence-electron chi connectivity index (χ4n) is 2.86. The molecule has 0 saturated carbocycles. The van der Waals surface area contributed by atoms with E-state index in [1.54, 1.807) is 25.1 Å². The van der Waals surface area contributed by atoms with Gasteiger partial charge in [0.15, 0.2) is 11.0 Å². The number of ether oxygens (including phenoxy) is 1. The number of hydrogen-bond acceptors (Lipinski definition) is 5. The first-order valence-corrected chi connectivity index (χ1v) is 10.2. The minimum atomic E-state index is 0.713. The molecule has 0 radical (unpaired) electrons. The van der Waals surface area contributed by atoms with E-state index in [0.29, 0.717) is 5.82 Å². The van der Waals surface area contributed by atoms with Gasteiger partial charge < -0.3 is 4.74 Å². The molecule has 2 aromatic carbocycles. The van der Waals surface area contributed by atoms with E-state index in [1.165, 1.54) is 5.56 Å². The molecule has 2 heterocycles. The zero-order valence-corrected chi connectivity index (χ0v) is 16.8. The van der Waals surface area contributed by atoms with Crippen LogP contribution in [0.4, 0.5) is 0 Å². The Hall–Kier alpha value is -3.38. The molecule has 5 nitrogen and oxygen atoms in total. The largest absolute Gasteiger partial charge is 0.497 e. The number of nitrogens with zero attached hydrogens (tertiary/aromatic N) is 4. The molecule has 0 N–H and O–H groups in total. The molecule has 0 spiro atoms. The van der Waals surface area contributed by atoms with Gasteiger partial charge in [-0.05, 0) is 42.0 Å². The first-order chi connectivity index (χ1) is 14.3. The van der Waals surface area contributed by atoms with Crippen molar-refractivity contribution in [1.29, 1.82) is 0 Å². The quantitative estimate of drug-likeness (QED) is 0.402. The molecule has 0 aliphatic carbocycles. The Kier molecular flexibility index (Phi) is 6.02. The van der Waals surface area contributed by atoms with Gasteiger partial charge in [-0.15, -0.1) is 10.2 Å². The molecule has 0 saturated heterocycles. The van der Waals surface area contributed by atoms with E-state index in [-0.39, 0.29) is 0 Å². The zero-order chi connectivity index (χ0) is 19.9. The van der Waals surface area contributed by atoms with Crippen molar-refractivity contribution < 1.29 is 4.74 Å². The number of pyridine rings is 1. The van der Waals surface area contributed by atoms with E-state index in [9.17, 15) is 0 Å². The SMILES string of the molecule is COc1ccc(-n2c(SCC=Cc3ccccc3)nnc2-c2ccccn2)cc1. The van der Waals surface area contributed by atoms with Crippen molar-refractivity contribution >= 4 is 17.8 Å². The molecule has 0 fully saturated rings. The first-order valence-electron chi connectivity index (χ1n) is 9.21. The van der Waals surface area contributed by atoms with Crippen LogP contribution in [0.25, 0.3) is 23.3 Å². The Morgan fingerprint density at radius 2 is 1.72 bits per heavy atom. The average Bonchev–Trinajstić information content (AvgIpc) is 3.22. The summed E-state index contributed by atoms with van der Waals surface area (Å²) in [6.45, 7) is 0. The number of rotatable bonds is 7. The lowest BCUT2D eigenvalue weighted by Crippen LogP contribution is -2.00. The van der Waals surface area contributed by atoms with Crippen LogP contribution in [0.2, 0.25) is 0 Å². The maximum atomic E-state index is 5.29. The Morgan fingerprint density at radius 1 is 0.931 bits per heavy atom. The summed E-state index contributed by atoms with van der Waals surface area (Å²) in [7, 11) is 1.66. The Morgan fingerprint density at radius 3 is 2.45 bits per heavy atom. The van der Waals surface area contributed by atoms with E-state index < -0.39 is 0 Å². The third-order valence-corrected chi connectivity index (χ3v) is 5.16. The molecule has 29 heavy (non-hydrogen) atoms. The summed E-state index contributed by atoms with van der Waals surface area (Å²) < 4.78 is 7.32. The highest BCUT2D eigenvalue weighted by Gasteiger charge is 2.16. The Labute approximate surface area is 174 Å². The minimum absolute atomic E-state index is 0.713. The van der Waals surface area contributed by atoms with Gasteiger partial charge in [0.05, 0.1) is 12.8 Å². The second-order valence-electron chi connectivity index (χ2n) is 6.18. The van der Waals surface area contributed by atoms with Gasteiger partial charge in [-0.25, -0.2) is 0 Å². The fraction of sp³-hybridized carbons (Fsp3) is 0.0870. The summed E-state index contributed by atoms with van der Waals surface area (Å²) in [5.74, 6) is 2.30. The van der Waals surface area contributed by atoms with Gasteiger partial charge in [-0.1, -0.05) is 60.3 Å². The van der Waals surface area contributed by atoms with Crippen molar-refractivity contribution in [3.8, 4) is 23.0 Å². The summed E-state index contributed by atoms with van der Waals surface area (Å²) in [6.07, 6.45) is 6.01. The van der Waals surface area contributed by atoms with Crippen molar-refractivity contribution in [2.24, 2.45) is 0 Å². The first kappa shape index (κ1) is 19.0. The molecule has 2 aromatic heterocycles. The van der Waals surface area contributed by atoms with Crippen LogP contribution in [0.15, 0.2) is 90.2 Å². The summed E-state index contributed by atoms with van der Waals surface area (Å²) in [6, 6.07) is 23.9. The molecule has 0 aliphatic heterocycles. The second-order valence-corrected chi connectivity index (χ2v) is 7.17. The summed E-state index contributed by atoms with van der Waals surface area (Å²) in [4.78, 5) is 4.45. The van der Waals surface area contributed by atoms with Crippen molar-refractivity contribution in [2.75, 3.05) is 12.9 Å². The molecule has 6 heteroatoms. The highest BCUT2D eigenvalue weighted by atomic mass is 32.2. The number of thioether (sulfide) groups is 1. The van der Waals surface area contributed by atoms with Gasteiger partial charge in [0.2, 0.25) is 0 Å². The molecule has 0 unspecified atom stereocenters. The summed E-state index contributed by atoms with van der Waals surface area (Å²) >= 11 is 1.63. The van der Waals surface area contributed by atoms with Crippen molar-refractivity contribution in [3.05, 3.63) is 90.6 Å². The van der Waals surface area contributed by atoms with Gasteiger partial charge in [-0.3, -0.25) is 9.55 Å². The molecule has 4 rings (SSSR count). The van der Waals surface area contributed by atoms with Crippen molar-refractivity contribution in [3.63, 3.8) is 0 Å².